The third kappa shape index (κ3) is 6.31. The van der Waals surface area contributed by atoms with Gasteiger partial charge in [0.05, 0.1) is 11.9 Å². The van der Waals surface area contributed by atoms with E-state index in [0.29, 0.717) is 36.9 Å². The molecular formula is C20H34N2O3S. The van der Waals surface area contributed by atoms with E-state index in [4.69, 9.17) is 0 Å². The van der Waals surface area contributed by atoms with E-state index in [1.165, 1.54) is 10.6 Å². The number of aryl methyl sites for hydroxylation is 1. The molecule has 0 spiro atoms. The van der Waals surface area contributed by atoms with Gasteiger partial charge in [-0.1, -0.05) is 39.8 Å². The summed E-state index contributed by atoms with van der Waals surface area (Å²) in [6, 6.07) is 5.77. The summed E-state index contributed by atoms with van der Waals surface area (Å²) in [6.45, 7) is 12.6. The summed E-state index contributed by atoms with van der Waals surface area (Å²) in [5.74, 6) is 0.703. The molecule has 1 N–H and O–H groups in total. The zero-order valence-corrected chi connectivity index (χ0v) is 18.0. The Bertz CT molecular complexity index is 704. The van der Waals surface area contributed by atoms with Crippen LogP contribution in [0.15, 0.2) is 18.2 Å². The summed E-state index contributed by atoms with van der Waals surface area (Å²) in [7, 11) is -3.40. The summed E-state index contributed by atoms with van der Waals surface area (Å²) >= 11 is 0. The maximum absolute atomic E-state index is 12.3. The highest BCUT2D eigenvalue weighted by Crippen LogP contribution is 2.25. The van der Waals surface area contributed by atoms with E-state index in [1.807, 2.05) is 32.0 Å². The molecule has 0 bridgehead atoms. The van der Waals surface area contributed by atoms with Crippen LogP contribution in [0.5, 0.6) is 0 Å². The average Bonchev–Trinajstić information content (AvgIpc) is 2.50. The lowest BCUT2D eigenvalue weighted by Gasteiger charge is -2.27. The van der Waals surface area contributed by atoms with E-state index in [0.717, 1.165) is 11.1 Å². The molecule has 1 rings (SSSR count). The van der Waals surface area contributed by atoms with Gasteiger partial charge < -0.3 is 5.32 Å². The summed E-state index contributed by atoms with van der Waals surface area (Å²) in [5, 5.41) is 3.08. The van der Waals surface area contributed by atoms with E-state index in [2.05, 4.69) is 33.0 Å². The van der Waals surface area contributed by atoms with Gasteiger partial charge in [0, 0.05) is 19.0 Å². The number of benzene rings is 1. The molecular weight excluding hydrogens is 348 g/mol. The van der Waals surface area contributed by atoms with Crippen LogP contribution < -0.4 is 9.62 Å². The molecule has 0 aromatic heterocycles. The molecule has 1 aromatic carbocycles. The van der Waals surface area contributed by atoms with Crippen LogP contribution in [0.2, 0.25) is 0 Å². The van der Waals surface area contributed by atoms with Crippen LogP contribution in [0.3, 0.4) is 0 Å². The molecule has 0 atom stereocenters. The Morgan fingerprint density at radius 1 is 1.12 bits per heavy atom. The first-order chi connectivity index (χ1) is 11.9. The number of carbonyl (C=O) groups is 1. The highest BCUT2D eigenvalue weighted by Gasteiger charge is 2.22. The molecule has 0 saturated carbocycles. The lowest BCUT2D eigenvalue weighted by molar-refractivity contribution is -0.122. The molecule has 0 aliphatic carbocycles. The molecule has 0 heterocycles. The van der Waals surface area contributed by atoms with Gasteiger partial charge in [0.1, 0.15) is 0 Å². The monoisotopic (exact) mass is 382 g/mol. The first kappa shape index (κ1) is 22.5. The van der Waals surface area contributed by atoms with Crippen molar-refractivity contribution < 1.29 is 13.2 Å². The lowest BCUT2D eigenvalue weighted by atomic mass is 9.93. The van der Waals surface area contributed by atoms with Crippen LogP contribution in [-0.2, 0) is 14.8 Å². The molecule has 5 nitrogen and oxygen atoms in total. The molecule has 1 amide bonds. The number of hydrogen-bond donors (Lipinski definition) is 1. The average molecular weight is 383 g/mol. The second-order valence-electron chi connectivity index (χ2n) is 7.74. The van der Waals surface area contributed by atoms with E-state index in [1.54, 1.807) is 0 Å². The van der Waals surface area contributed by atoms with Crippen molar-refractivity contribution in [2.45, 2.75) is 60.4 Å². The summed E-state index contributed by atoms with van der Waals surface area (Å²) < 4.78 is 25.9. The predicted molar refractivity (Wildman–Crippen MR) is 109 cm³/mol. The summed E-state index contributed by atoms with van der Waals surface area (Å²) in [4.78, 5) is 12.3. The van der Waals surface area contributed by atoms with E-state index in [9.17, 15) is 13.2 Å². The molecule has 0 fully saturated rings. The minimum atomic E-state index is -3.40. The van der Waals surface area contributed by atoms with Crippen LogP contribution >= 0.6 is 0 Å². The van der Waals surface area contributed by atoms with Crippen molar-refractivity contribution in [3.05, 3.63) is 29.3 Å². The molecule has 0 unspecified atom stereocenters. The van der Waals surface area contributed by atoms with Gasteiger partial charge in [-0.05, 0) is 49.3 Å². The maximum atomic E-state index is 12.3. The van der Waals surface area contributed by atoms with Gasteiger partial charge in [0.25, 0.3) is 0 Å². The van der Waals surface area contributed by atoms with Crippen molar-refractivity contribution in [1.29, 1.82) is 0 Å². The van der Waals surface area contributed by atoms with Crippen LogP contribution in [-0.4, -0.2) is 33.2 Å². The fourth-order valence-corrected chi connectivity index (χ4v) is 4.23. The largest absolute Gasteiger partial charge is 0.353 e. The van der Waals surface area contributed by atoms with Crippen molar-refractivity contribution in [1.82, 2.24) is 5.32 Å². The molecule has 0 radical (unpaired) electrons. The van der Waals surface area contributed by atoms with Gasteiger partial charge in [-0.3, -0.25) is 9.10 Å². The Morgan fingerprint density at radius 2 is 1.69 bits per heavy atom. The number of nitrogens with one attached hydrogen (secondary N) is 1. The predicted octanol–water partition coefficient (Wildman–Crippen LogP) is 3.65. The van der Waals surface area contributed by atoms with E-state index in [-0.39, 0.29) is 11.9 Å². The van der Waals surface area contributed by atoms with Gasteiger partial charge in [-0.15, -0.1) is 0 Å². The topological polar surface area (TPSA) is 66.5 Å². The van der Waals surface area contributed by atoms with Crippen LogP contribution in [0, 0.1) is 25.7 Å². The molecule has 0 saturated heterocycles. The Labute approximate surface area is 159 Å². The second kappa shape index (κ2) is 9.40. The molecule has 26 heavy (non-hydrogen) atoms. The molecule has 148 valence electrons. The fourth-order valence-electron chi connectivity index (χ4n) is 3.22. The minimum absolute atomic E-state index is 0.0215. The number of amides is 1. The van der Waals surface area contributed by atoms with E-state index >= 15 is 0 Å². The zero-order valence-electron chi connectivity index (χ0n) is 17.2. The van der Waals surface area contributed by atoms with Crippen LogP contribution in [0.1, 0.15) is 51.7 Å². The van der Waals surface area contributed by atoms with Gasteiger partial charge >= 0.3 is 0 Å². The Morgan fingerprint density at radius 3 is 2.19 bits per heavy atom. The Hall–Kier alpha value is -1.56. The zero-order chi connectivity index (χ0) is 20.1. The third-order valence-electron chi connectivity index (χ3n) is 4.77. The summed E-state index contributed by atoms with van der Waals surface area (Å²) in [5.41, 5.74) is 2.68. The molecule has 1 aromatic rings. The first-order valence-electron chi connectivity index (χ1n) is 9.28. The summed E-state index contributed by atoms with van der Waals surface area (Å²) in [6.07, 6.45) is 2.00. The van der Waals surface area contributed by atoms with Crippen molar-refractivity contribution in [3.63, 3.8) is 0 Å². The fraction of sp³-hybridized carbons (Fsp3) is 0.650. The first-order valence-corrected chi connectivity index (χ1v) is 11.1. The molecule has 6 heteroatoms. The van der Waals surface area contributed by atoms with Crippen molar-refractivity contribution in [2.75, 3.05) is 17.1 Å². The van der Waals surface area contributed by atoms with Crippen LogP contribution in [0.25, 0.3) is 0 Å². The number of anilines is 1. The molecule has 0 aliphatic rings. The number of hydrogen-bond acceptors (Lipinski definition) is 3. The number of rotatable bonds is 9. The highest BCUT2D eigenvalue weighted by atomic mass is 32.2. The smallest absolute Gasteiger partial charge is 0.232 e. The van der Waals surface area contributed by atoms with E-state index < -0.39 is 10.0 Å². The van der Waals surface area contributed by atoms with Gasteiger partial charge in [0.2, 0.25) is 15.9 Å². The number of carbonyl (C=O) groups excluding carboxylic acids is 1. The van der Waals surface area contributed by atoms with Crippen LogP contribution in [0.4, 0.5) is 5.69 Å². The third-order valence-corrected chi connectivity index (χ3v) is 5.95. The quantitative estimate of drug-likeness (QED) is 0.709. The van der Waals surface area contributed by atoms with Gasteiger partial charge in [0.15, 0.2) is 0 Å². The normalized spacial score (nSPS) is 12.1. The Kier molecular flexibility index (Phi) is 8.13. The second-order valence-corrected chi connectivity index (χ2v) is 9.65. The van der Waals surface area contributed by atoms with Crippen molar-refractivity contribution >= 4 is 21.6 Å². The maximum Gasteiger partial charge on any atom is 0.232 e. The SMILES string of the molecule is Cc1cccc(N(CCCC(=O)NC(C(C)C)C(C)C)S(C)(=O)=O)c1C. The highest BCUT2D eigenvalue weighted by molar-refractivity contribution is 7.92. The number of sulfonamides is 1. The number of nitrogens with zero attached hydrogens (tertiary/aromatic N) is 1. The van der Waals surface area contributed by atoms with Gasteiger partial charge in [-0.2, -0.15) is 0 Å². The van der Waals surface area contributed by atoms with Crippen molar-refractivity contribution in [2.24, 2.45) is 11.8 Å². The van der Waals surface area contributed by atoms with Crippen molar-refractivity contribution in [3.8, 4) is 0 Å². The Balaban J connectivity index is 2.78. The van der Waals surface area contributed by atoms with Gasteiger partial charge in [-0.25, -0.2) is 8.42 Å². The molecule has 0 aliphatic heterocycles. The lowest BCUT2D eigenvalue weighted by Crippen LogP contribution is -2.42. The minimum Gasteiger partial charge on any atom is -0.353 e. The standard InChI is InChI=1S/C20H34N2O3S/c1-14(2)20(15(3)4)21-19(23)12-9-13-22(26(7,24)25)18-11-8-10-16(5)17(18)6/h8,10-11,14-15,20H,9,12-13H2,1-7H3,(H,21,23).